The molecule has 19 nitrogen and oxygen atoms in total. The highest BCUT2D eigenvalue weighted by Gasteiger charge is 2.41. The van der Waals surface area contributed by atoms with E-state index in [1.165, 1.54) is 0 Å². The summed E-state index contributed by atoms with van der Waals surface area (Å²) in [7, 11) is 9.45. The Labute approximate surface area is 435 Å². The van der Waals surface area contributed by atoms with E-state index in [0.717, 1.165) is 59.7 Å². The number of nitrogens with one attached hydrogen (secondary N) is 4. The van der Waals surface area contributed by atoms with E-state index in [-0.39, 0.29) is 23.9 Å². The number of likely N-dealkylation sites (N-methyl/N-ethyl adjacent to an activating group) is 3. The smallest absolute Gasteiger partial charge is 0.411 e. The van der Waals surface area contributed by atoms with Crippen molar-refractivity contribution in [1.29, 1.82) is 0 Å². The maximum absolute atomic E-state index is 13.5. The van der Waals surface area contributed by atoms with Crippen LogP contribution in [0.15, 0.2) is 79.3 Å². The van der Waals surface area contributed by atoms with Gasteiger partial charge in [-0.3, -0.25) is 14.9 Å². The maximum atomic E-state index is 13.5. The fourth-order valence-electron chi connectivity index (χ4n) is 9.60. The van der Waals surface area contributed by atoms with Gasteiger partial charge < -0.3 is 54.3 Å². The van der Waals surface area contributed by atoms with Gasteiger partial charge in [-0.15, -0.1) is 0 Å². The summed E-state index contributed by atoms with van der Waals surface area (Å²) in [5.41, 5.74) is 6.36. The van der Waals surface area contributed by atoms with Crippen molar-refractivity contribution in [2.45, 2.75) is 76.8 Å². The lowest BCUT2D eigenvalue weighted by Gasteiger charge is -2.43. The quantitative estimate of drug-likeness (QED) is 0.0498. The lowest BCUT2D eigenvalue weighted by Crippen LogP contribution is -2.55. The van der Waals surface area contributed by atoms with Gasteiger partial charge in [-0.2, -0.15) is 4.98 Å². The fourth-order valence-corrected chi connectivity index (χ4v) is 10.3. The summed E-state index contributed by atoms with van der Waals surface area (Å²) in [4.78, 5) is 67.2. The number of methoxy groups -OCH3 is 2. The molecule has 0 spiro atoms. The fraction of sp³-hybridized carbons (Fsp3) is 0.426. The minimum atomic E-state index is -1.44. The van der Waals surface area contributed by atoms with Crippen molar-refractivity contribution in [3.8, 4) is 22.8 Å². The molecule has 74 heavy (non-hydrogen) atoms. The van der Waals surface area contributed by atoms with E-state index in [9.17, 15) is 14.4 Å². The Morgan fingerprint density at radius 2 is 1.58 bits per heavy atom. The lowest BCUT2D eigenvalue weighted by molar-refractivity contribution is -0.120. The number of carbonyl (C=O) groups is 3. The molecule has 1 saturated carbocycles. The van der Waals surface area contributed by atoms with Crippen LogP contribution in [0.3, 0.4) is 0 Å². The van der Waals surface area contributed by atoms with Crippen LogP contribution < -0.4 is 45.4 Å². The van der Waals surface area contributed by atoms with Crippen molar-refractivity contribution >= 4 is 83.0 Å². The van der Waals surface area contributed by atoms with E-state index in [0.29, 0.717) is 96.6 Å². The second-order valence-corrected chi connectivity index (χ2v) is 25.9. The summed E-state index contributed by atoms with van der Waals surface area (Å²) < 4.78 is 19.4. The lowest BCUT2D eigenvalue weighted by atomic mass is 10.0. The van der Waals surface area contributed by atoms with Crippen molar-refractivity contribution in [1.82, 2.24) is 34.7 Å². The van der Waals surface area contributed by atoms with Crippen LogP contribution in [0, 0.1) is 0 Å². The summed E-state index contributed by atoms with van der Waals surface area (Å²) in [6, 6.07) is 19.8. The zero-order chi connectivity index (χ0) is 52.7. The number of aryl methyl sites for hydroxylation is 1. The molecule has 1 atom stereocenters. The Balaban J connectivity index is 0.903. The van der Waals surface area contributed by atoms with Gasteiger partial charge in [-0.1, -0.05) is 57.6 Å². The molecule has 20 heteroatoms. The van der Waals surface area contributed by atoms with Gasteiger partial charge in [-0.05, 0) is 68.8 Å². The molecule has 0 saturated heterocycles. The summed E-state index contributed by atoms with van der Waals surface area (Å²) in [6.45, 7) is 11.3. The van der Waals surface area contributed by atoms with Gasteiger partial charge in [0.25, 0.3) is 5.91 Å². The summed E-state index contributed by atoms with van der Waals surface area (Å²) in [5.74, 6) is 2.28. The number of hydrogen-bond donors (Lipinski definition) is 4. The summed E-state index contributed by atoms with van der Waals surface area (Å²) in [6.07, 6.45) is 9.91. The van der Waals surface area contributed by atoms with E-state index in [1.54, 1.807) is 56.8 Å². The van der Waals surface area contributed by atoms with Crippen molar-refractivity contribution in [2.24, 2.45) is 7.05 Å². The Bertz CT molecular complexity index is 2970. The van der Waals surface area contributed by atoms with Crippen LogP contribution in [0.1, 0.15) is 49.4 Å². The summed E-state index contributed by atoms with van der Waals surface area (Å²) >= 11 is 0. The van der Waals surface area contributed by atoms with Gasteiger partial charge in [-0.25, -0.2) is 19.7 Å². The topological polar surface area (TPSA) is 196 Å². The minimum absolute atomic E-state index is 0.0581. The zero-order valence-corrected chi connectivity index (χ0v) is 45.4. The Morgan fingerprint density at radius 3 is 2.32 bits per heavy atom. The molecule has 3 amide bonds. The van der Waals surface area contributed by atoms with Gasteiger partial charge in [0.05, 0.1) is 55.5 Å². The van der Waals surface area contributed by atoms with E-state index < -0.39 is 14.2 Å². The zero-order valence-electron chi connectivity index (χ0n) is 44.4. The Kier molecular flexibility index (Phi) is 16.6. The number of hydrogen-bond acceptors (Lipinski definition) is 15. The number of amides is 3. The molecule has 2 aliphatic rings. The third-order valence-electron chi connectivity index (χ3n) is 13.8. The molecule has 3 aromatic carbocycles. The van der Waals surface area contributed by atoms with Crippen LogP contribution in [0.5, 0.6) is 11.5 Å². The number of nitrogens with zero attached hydrogens (tertiary/aromatic N) is 9. The molecular formula is C54H71N13O6Si. The van der Waals surface area contributed by atoms with Gasteiger partial charge in [0.1, 0.15) is 23.2 Å². The number of aromatic nitrogens is 5. The second-order valence-electron chi connectivity index (χ2n) is 20.3. The van der Waals surface area contributed by atoms with Crippen LogP contribution in [0.25, 0.3) is 22.2 Å². The van der Waals surface area contributed by atoms with Crippen molar-refractivity contribution in [2.75, 3.05) is 98.8 Å². The number of anilines is 8. The highest BCUT2D eigenvalue weighted by molar-refractivity contribution is 6.76. The molecule has 0 unspecified atom stereocenters. The van der Waals surface area contributed by atoms with Crippen LogP contribution in [-0.4, -0.2) is 136 Å². The molecule has 0 bridgehead atoms. The number of carbonyl (C=O) groups excluding carboxylic acids is 3. The van der Waals surface area contributed by atoms with E-state index in [2.05, 4.69) is 83.6 Å². The van der Waals surface area contributed by atoms with Crippen LogP contribution in [-0.2, 0) is 16.6 Å². The van der Waals surface area contributed by atoms with Gasteiger partial charge in [0, 0.05) is 102 Å². The van der Waals surface area contributed by atoms with Gasteiger partial charge in [0.2, 0.25) is 17.8 Å². The average Bonchev–Trinajstić information content (AvgIpc) is 4.05. The molecule has 8 rings (SSSR count). The molecule has 4 N–H and O–H groups in total. The molecule has 392 valence electrons. The van der Waals surface area contributed by atoms with Crippen molar-refractivity contribution in [3.05, 3.63) is 84.8 Å². The third kappa shape index (κ3) is 12.1. The molecule has 1 aliphatic carbocycles. The predicted octanol–water partition coefficient (Wildman–Crippen LogP) is 9.12. The van der Waals surface area contributed by atoms with Crippen LogP contribution >= 0.6 is 0 Å². The average molecular weight is 1030 g/mol. The molecule has 1 fully saturated rings. The van der Waals surface area contributed by atoms with Crippen LogP contribution in [0.4, 0.5) is 50.9 Å². The number of fused-ring (bicyclic) bond motifs is 2. The molecule has 3 aromatic heterocycles. The maximum Gasteiger partial charge on any atom is 0.411 e. The van der Waals surface area contributed by atoms with E-state index in [4.69, 9.17) is 24.2 Å². The molecule has 4 heterocycles. The Morgan fingerprint density at radius 1 is 0.851 bits per heavy atom. The monoisotopic (exact) mass is 1030 g/mol. The first kappa shape index (κ1) is 52.9. The van der Waals surface area contributed by atoms with Gasteiger partial charge >= 0.3 is 6.09 Å². The van der Waals surface area contributed by atoms with Crippen molar-refractivity contribution < 1.29 is 28.6 Å². The number of benzene rings is 3. The highest BCUT2D eigenvalue weighted by Crippen LogP contribution is 2.41. The molecule has 6 aromatic rings. The largest absolute Gasteiger partial charge is 0.495 e. The summed E-state index contributed by atoms with van der Waals surface area (Å²) in [5, 5.41) is 13.8. The Hall–Kier alpha value is -7.45. The normalized spacial score (nSPS) is 14.8. The van der Waals surface area contributed by atoms with Crippen molar-refractivity contribution in [3.63, 3.8) is 0 Å². The predicted molar refractivity (Wildman–Crippen MR) is 297 cm³/mol. The third-order valence-corrected chi connectivity index (χ3v) is 15.5. The van der Waals surface area contributed by atoms with Gasteiger partial charge in [0.15, 0.2) is 5.82 Å². The first-order valence-electron chi connectivity index (χ1n) is 25.4. The first-order chi connectivity index (χ1) is 35.5. The number of rotatable bonds is 21. The standard InChI is InChI=1S/C54H71N13O6Si/c1-11-43-51(69)66(5)46-33-57-53(62-49(46)67(43)36-16-12-13-17-36)59-40-21-20-35(30-47(40)71-6)50(68)55-24-25-63(2)26-27-64(3)45-32-48(72-7)42(31-41(45)61-54(70)73-28-29-74(8,9)10)60-52-56-23-22-39(58-52)38-34-65(4)44-19-15-14-18-37(38)44/h14-15,18-23,30-34,36,43H,11-13,16-17,24-29H2,1-10H3,(H,55,68)(H,61,70)(H,56,58,60)(H,57,59,62)/t43-/m1/s1. The van der Waals surface area contributed by atoms with E-state index in [1.807, 2.05) is 63.3 Å². The van der Waals surface area contributed by atoms with Crippen LogP contribution in [0.2, 0.25) is 25.7 Å². The highest BCUT2D eigenvalue weighted by atomic mass is 28.3. The first-order valence-corrected chi connectivity index (χ1v) is 29.1. The SMILES string of the molecule is CC[C@@H]1C(=O)N(C)c2cnc(Nc3ccc(C(=O)NCCN(C)CCN(C)c4cc(OC)c(Nc5nccc(-c6cn(C)c7ccccc67)n5)cc4NC(=O)OCC[Si](C)(C)C)cc3OC)nc2N1C1CCCC1. The van der Waals surface area contributed by atoms with E-state index >= 15 is 0 Å². The minimum Gasteiger partial charge on any atom is -0.495 e. The molecule has 0 radical (unpaired) electrons. The number of ether oxygens (including phenoxy) is 3. The number of para-hydroxylation sites is 1. The molecule has 1 aliphatic heterocycles. The second kappa shape index (κ2) is 23.2. The molecular weight excluding hydrogens is 955 g/mol.